The second-order valence-electron chi connectivity index (χ2n) is 3.71. The Hall–Kier alpha value is -0.540. The van der Waals surface area contributed by atoms with Crippen molar-refractivity contribution in [1.29, 1.82) is 0 Å². The highest BCUT2D eigenvalue weighted by molar-refractivity contribution is 9.10. The van der Waals surface area contributed by atoms with E-state index in [0.717, 1.165) is 29.7 Å². The first-order chi connectivity index (χ1) is 6.72. The third-order valence-electron chi connectivity index (χ3n) is 2.71. The Bertz CT molecular complexity index is 351. The lowest BCUT2D eigenvalue weighted by atomic mass is 10.00. The molecule has 1 aromatic carbocycles. The summed E-state index contributed by atoms with van der Waals surface area (Å²) in [5.41, 5.74) is 2.81. The number of halogens is 1. The molecule has 2 nitrogen and oxygen atoms in total. The molecule has 0 fully saturated rings. The lowest BCUT2D eigenvalue weighted by molar-refractivity contribution is 0.311. The predicted octanol–water partition coefficient (Wildman–Crippen LogP) is 2.45. The van der Waals surface area contributed by atoms with Crippen LogP contribution in [0.2, 0.25) is 0 Å². The molecule has 0 aliphatic carbocycles. The molecule has 1 heterocycles. The number of benzene rings is 1. The van der Waals surface area contributed by atoms with Gasteiger partial charge in [0.15, 0.2) is 0 Å². The summed E-state index contributed by atoms with van der Waals surface area (Å²) in [6.45, 7) is 2.16. The zero-order valence-electron chi connectivity index (χ0n) is 8.51. The first kappa shape index (κ1) is 9.99. The molecule has 0 amide bonds. The van der Waals surface area contributed by atoms with Gasteiger partial charge in [0.1, 0.15) is 5.75 Å². The molecule has 0 unspecified atom stereocenters. The number of ether oxygens (including phenoxy) is 1. The molecule has 14 heavy (non-hydrogen) atoms. The van der Waals surface area contributed by atoms with Gasteiger partial charge >= 0.3 is 0 Å². The molecule has 0 saturated heterocycles. The number of likely N-dealkylation sites (N-methyl/N-ethyl adjacent to an activating group) is 1. The number of fused-ring (bicyclic) bond motifs is 1. The lowest BCUT2D eigenvalue weighted by Crippen LogP contribution is -2.26. The third kappa shape index (κ3) is 1.66. The Kier molecular flexibility index (Phi) is 2.79. The average Bonchev–Trinajstić information content (AvgIpc) is 2.18. The van der Waals surface area contributed by atoms with Crippen LogP contribution >= 0.6 is 15.9 Å². The zero-order valence-corrected chi connectivity index (χ0v) is 10.1. The summed E-state index contributed by atoms with van der Waals surface area (Å²) in [7, 11) is 3.86. The van der Waals surface area contributed by atoms with E-state index in [1.54, 1.807) is 7.11 Å². The molecule has 0 bridgehead atoms. The lowest BCUT2D eigenvalue weighted by Gasteiger charge is -2.26. The van der Waals surface area contributed by atoms with Gasteiger partial charge in [0.25, 0.3) is 0 Å². The summed E-state index contributed by atoms with van der Waals surface area (Å²) in [6, 6.07) is 4.19. The number of rotatable bonds is 1. The molecular formula is C11H14BrNO. The summed E-state index contributed by atoms with van der Waals surface area (Å²) >= 11 is 3.60. The smallest absolute Gasteiger partial charge is 0.133 e. The minimum Gasteiger partial charge on any atom is -0.496 e. The van der Waals surface area contributed by atoms with Crippen LogP contribution in [-0.4, -0.2) is 25.6 Å². The molecule has 3 heteroatoms. The van der Waals surface area contributed by atoms with Crippen LogP contribution in [0.5, 0.6) is 5.75 Å². The first-order valence-corrected chi connectivity index (χ1v) is 5.54. The topological polar surface area (TPSA) is 12.5 Å². The maximum Gasteiger partial charge on any atom is 0.133 e. The highest BCUT2D eigenvalue weighted by Crippen LogP contribution is 2.33. The van der Waals surface area contributed by atoms with Crippen molar-refractivity contribution >= 4 is 15.9 Å². The van der Waals surface area contributed by atoms with Gasteiger partial charge in [-0.3, -0.25) is 0 Å². The minimum absolute atomic E-state index is 0.938. The van der Waals surface area contributed by atoms with E-state index in [2.05, 4.69) is 33.9 Å². The normalized spacial score (nSPS) is 16.5. The van der Waals surface area contributed by atoms with Crippen molar-refractivity contribution in [3.8, 4) is 5.75 Å². The van der Waals surface area contributed by atoms with Gasteiger partial charge in [-0.1, -0.05) is 6.07 Å². The van der Waals surface area contributed by atoms with Crippen LogP contribution in [0.1, 0.15) is 11.1 Å². The molecule has 0 spiro atoms. The van der Waals surface area contributed by atoms with Crippen LogP contribution in [0.25, 0.3) is 0 Å². The standard InChI is InChI=1S/C11H14BrNO/c1-13-6-5-9-8(7-13)3-4-10(14-2)11(9)12/h3-4H,5-7H2,1-2H3. The van der Waals surface area contributed by atoms with Gasteiger partial charge in [0.2, 0.25) is 0 Å². The Labute approximate surface area is 93.0 Å². The summed E-state index contributed by atoms with van der Waals surface area (Å²) in [5.74, 6) is 0.938. The van der Waals surface area contributed by atoms with Crippen LogP contribution in [0, 0.1) is 0 Å². The maximum atomic E-state index is 5.28. The van der Waals surface area contributed by atoms with Crippen molar-refractivity contribution in [3.05, 3.63) is 27.7 Å². The van der Waals surface area contributed by atoms with Crippen LogP contribution in [0.15, 0.2) is 16.6 Å². The van der Waals surface area contributed by atoms with Crippen molar-refractivity contribution < 1.29 is 4.74 Å². The fraction of sp³-hybridized carbons (Fsp3) is 0.455. The molecular weight excluding hydrogens is 242 g/mol. The molecule has 76 valence electrons. The predicted molar refractivity (Wildman–Crippen MR) is 60.7 cm³/mol. The molecule has 1 aromatic rings. The molecule has 1 aliphatic heterocycles. The number of methoxy groups -OCH3 is 1. The van der Waals surface area contributed by atoms with Gasteiger partial charge in [0.05, 0.1) is 11.6 Å². The molecule has 1 aliphatic rings. The van der Waals surface area contributed by atoms with E-state index in [9.17, 15) is 0 Å². The van der Waals surface area contributed by atoms with Crippen LogP contribution in [0.3, 0.4) is 0 Å². The highest BCUT2D eigenvalue weighted by atomic mass is 79.9. The van der Waals surface area contributed by atoms with E-state index >= 15 is 0 Å². The van der Waals surface area contributed by atoms with Gasteiger partial charge in [0, 0.05) is 13.1 Å². The second-order valence-corrected chi connectivity index (χ2v) is 4.50. The fourth-order valence-corrected chi connectivity index (χ4v) is 2.64. The summed E-state index contributed by atoms with van der Waals surface area (Å²) < 4.78 is 6.41. The molecule has 0 saturated carbocycles. The molecule has 2 rings (SSSR count). The number of hydrogen-bond acceptors (Lipinski definition) is 2. The van der Waals surface area contributed by atoms with Crippen molar-refractivity contribution in [1.82, 2.24) is 4.90 Å². The molecule has 0 N–H and O–H groups in total. The third-order valence-corrected chi connectivity index (χ3v) is 3.58. The summed E-state index contributed by atoms with van der Waals surface area (Å²) in [6.07, 6.45) is 1.10. The van der Waals surface area contributed by atoms with Crippen molar-refractivity contribution in [2.24, 2.45) is 0 Å². The first-order valence-electron chi connectivity index (χ1n) is 4.75. The van der Waals surface area contributed by atoms with Crippen LogP contribution in [-0.2, 0) is 13.0 Å². The highest BCUT2D eigenvalue weighted by Gasteiger charge is 2.17. The van der Waals surface area contributed by atoms with E-state index in [-0.39, 0.29) is 0 Å². The monoisotopic (exact) mass is 255 g/mol. The zero-order chi connectivity index (χ0) is 10.1. The summed E-state index contributed by atoms with van der Waals surface area (Å²) in [5, 5.41) is 0. The quantitative estimate of drug-likeness (QED) is 0.765. The second kappa shape index (κ2) is 3.91. The molecule has 0 aromatic heterocycles. The van der Waals surface area contributed by atoms with E-state index < -0.39 is 0 Å². The Morgan fingerprint density at radius 1 is 1.43 bits per heavy atom. The maximum absolute atomic E-state index is 5.28. The summed E-state index contributed by atoms with van der Waals surface area (Å²) in [4.78, 5) is 2.33. The SMILES string of the molecule is COc1ccc2c(c1Br)CCN(C)C2. The van der Waals surface area contributed by atoms with Gasteiger partial charge in [-0.15, -0.1) is 0 Å². The van der Waals surface area contributed by atoms with Crippen LogP contribution in [0.4, 0.5) is 0 Å². The number of nitrogens with zero attached hydrogens (tertiary/aromatic N) is 1. The van der Waals surface area contributed by atoms with E-state index in [1.807, 2.05) is 6.07 Å². The van der Waals surface area contributed by atoms with Gasteiger partial charge in [-0.25, -0.2) is 0 Å². The van der Waals surface area contributed by atoms with E-state index in [1.165, 1.54) is 11.1 Å². The minimum atomic E-state index is 0.938. The van der Waals surface area contributed by atoms with Crippen molar-refractivity contribution in [3.63, 3.8) is 0 Å². The molecule has 0 atom stereocenters. The molecule has 0 radical (unpaired) electrons. The largest absolute Gasteiger partial charge is 0.496 e. The Morgan fingerprint density at radius 3 is 2.93 bits per heavy atom. The number of hydrogen-bond donors (Lipinski definition) is 0. The fourth-order valence-electron chi connectivity index (χ4n) is 1.89. The van der Waals surface area contributed by atoms with E-state index in [0.29, 0.717) is 0 Å². The van der Waals surface area contributed by atoms with Gasteiger partial charge in [-0.05, 0) is 46.6 Å². The average molecular weight is 256 g/mol. The van der Waals surface area contributed by atoms with E-state index in [4.69, 9.17) is 4.74 Å². The van der Waals surface area contributed by atoms with Crippen molar-refractivity contribution in [2.45, 2.75) is 13.0 Å². The Morgan fingerprint density at radius 2 is 2.21 bits per heavy atom. The van der Waals surface area contributed by atoms with Gasteiger partial charge < -0.3 is 9.64 Å². The van der Waals surface area contributed by atoms with Gasteiger partial charge in [-0.2, -0.15) is 0 Å². The Balaban J connectivity index is 2.43. The van der Waals surface area contributed by atoms with Crippen molar-refractivity contribution in [2.75, 3.05) is 20.7 Å². The van der Waals surface area contributed by atoms with Crippen LogP contribution < -0.4 is 4.74 Å².